The molecule has 0 amide bonds. The Balaban J connectivity index is 0.00000288. The van der Waals surface area contributed by atoms with Gasteiger partial charge in [-0.25, -0.2) is 0 Å². The van der Waals surface area contributed by atoms with Crippen LogP contribution in [-0.4, -0.2) is 36.5 Å². The van der Waals surface area contributed by atoms with Crippen LogP contribution in [0.2, 0.25) is 0 Å². The van der Waals surface area contributed by atoms with Gasteiger partial charge >= 0.3 is 6.01 Å². The fraction of sp³-hybridized carbons (Fsp3) is 0.231. The number of nitrogens with zero attached hydrogens (tertiary/aromatic N) is 4. The number of aromatic nitrogens is 3. The first-order valence-corrected chi connectivity index (χ1v) is 8.64. The normalized spacial score (nSPS) is 11.5. The molecule has 0 bridgehead atoms. The molecule has 0 aliphatic rings. The summed E-state index contributed by atoms with van der Waals surface area (Å²) in [6, 6.07) is 5.07. The Kier molecular flexibility index (Phi) is 6.83. The second-order valence-corrected chi connectivity index (χ2v) is 6.85. The fourth-order valence-corrected chi connectivity index (χ4v) is 3.68. The summed E-state index contributed by atoms with van der Waals surface area (Å²) in [7, 11) is -2.78. The first-order valence-electron chi connectivity index (χ1n) is 6.12. The number of methoxy groups -OCH3 is 1. The standard InChI is InChI=1S/C12H12IN5O4S.CH4/c1-7-14-10(17-12(15-7)22-2)16-11(19)18-23(20,21)9-6-4-3-5-8(9)13;/h3-6H,1-2H3,(H2,14,15,16,17,18,19);1H4/p-1. The number of hydrogen-bond donors (Lipinski definition) is 1. The minimum absolute atomic E-state index is 0. The van der Waals surface area contributed by atoms with Gasteiger partial charge in [0, 0.05) is 3.57 Å². The molecule has 0 aliphatic heterocycles. The number of amidine groups is 1. The van der Waals surface area contributed by atoms with E-state index in [2.05, 4.69) is 24.7 Å². The van der Waals surface area contributed by atoms with E-state index in [1.165, 1.54) is 13.2 Å². The van der Waals surface area contributed by atoms with Gasteiger partial charge < -0.3 is 15.2 Å². The summed E-state index contributed by atoms with van der Waals surface area (Å²) in [5.74, 6) is 0.147. The van der Waals surface area contributed by atoms with Crippen molar-refractivity contribution < 1.29 is 18.3 Å². The van der Waals surface area contributed by atoms with Gasteiger partial charge in [0.25, 0.3) is 10.0 Å². The minimum atomic E-state index is -4.13. The number of sulfonamides is 1. The van der Waals surface area contributed by atoms with Gasteiger partial charge in [0.1, 0.15) is 10.7 Å². The number of anilines is 1. The highest BCUT2D eigenvalue weighted by Crippen LogP contribution is 2.19. The number of nitrogens with one attached hydrogen (secondary N) is 1. The largest absolute Gasteiger partial charge is 0.845 e. The van der Waals surface area contributed by atoms with Crippen molar-refractivity contribution in [1.29, 1.82) is 0 Å². The highest BCUT2D eigenvalue weighted by molar-refractivity contribution is 14.1. The molecule has 0 aliphatic carbocycles. The van der Waals surface area contributed by atoms with E-state index in [1.807, 2.05) is 22.6 Å². The van der Waals surface area contributed by atoms with Gasteiger partial charge in [0.2, 0.25) is 5.95 Å². The third-order valence-corrected chi connectivity index (χ3v) is 5.07. The zero-order valence-electron chi connectivity index (χ0n) is 12.0. The van der Waals surface area contributed by atoms with Gasteiger partial charge in [-0.15, -0.1) is 0 Å². The van der Waals surface area contributed by atoms with Crippen molar-refractivity contribution in [3.8, 4) is 6.01 Å². The zero-order chi connectivity index (χ0) is 17.0. The van der Waals surface area contributed by atoms with Crippen LogP contribution in [0.4, 0.5) is 5.95 Å². The molecule has 1 N–H and O–H groups in total. The predicted molar refractivity (Wildman–Crippen MR) is 95.2 cm³/mol. The maximum Gasteiger partial charge on any atom is 0.321 e. The lowest BCUT2D eigenvalue weighted by atomic mass is 10.4. The van der Waals surface area contributed by atoms with Crippen LogP contribution in [0.1, 0.15) is 13.3 Å². The highest BCUT2D eigenvalue weighted by atomic mass is 127. The van der Waals surface area contributed by atoms with Crippen molar-refractivity contribution in [2.45, 2.75) is 19.2 Å². The van der Waals surface area contributed by atoms with Crippen molar-refractivity contribution in [3.05, 3.63) is 33.7 Å². The van der Waals surface area contributed by atoms with Crippen LogP contribution in [0, 0.1) is 10.5 Å². The van der Waals surface area contributed by atoms with Crippen molar-refractivity contribution >= 4 is 44.6 Å². The zero-order valence-corrected chi connectivity index (χ0v) is 15.0. The van der Waals surface area contributed by atoms with E-state index in [9.17, 15) is 13.5 Å². The summed E-state index contributed by atoms with van der Waals surface area (Å²) >= 11 is 1.85. The Labute approximate surface area is 153 Å². The molecule has 2 aromatic rings. The van der Waals surface area contributed by atoms with Gasteiger partial charge in [-0.05, 0) is 41.6 Å². The van der Waals surface area contributed by atoms with E-state index >= 15 is 0 Å². The van der Waals surface area contributed by atoms with Crippen LogP contribution in [0.3, 0.4) is 0 Å². The molecule has 0 fully saturated rings. The number of hydrogen-bond acceptors (Lipinski definition) is 7. The number of ether oxygens (including phenoxy) is 1. The van der Waals surface area contributed by atoms with Crippen LogP contribution in [-0.2, 0) is 10.0 Å². The molecule has 0 radical (unpaired) electrons. The molecular formula is C13H15IN5O4S-. The number of rotatable bonds is 4. The molecule has 0 saturated heterocycles. The lowest BCUT2D eigenvalue weighted by Crippen LogP contribution is -2.29. The maximum atomic E-state index is 12.1. The summed E-state index contributed by atoms with van der Waals surface area (Å²) < 4.78 is 32.8. The second-order valence-electron chi connectivity index (χ2n) is 4.12. The monoisotopic (exact) mass is 464 g/mol. The van der Waals surface area contributed by atoms with Crippen molar-refractivity contribution in [2.24, 2.45) is 4.40 Å². The molecule has 0 saturated carbocycles. The van der Waals surface area contributed by atoms with Crippen molar-refractivity contribution in [1.82, 2.24) is 15.0 Å². The molecule has 24 heavy (non-hydrogen) atoms. The highest BCUT2D eigenvalue weighted by Gasteiger charge is 2.15. The second kappa shape index (κ2) is 8.19. The molecule has 11 heteroatoms. The molecule has 2 rings (SSSR count). The average Bonchev–Trinajstić information content (AvgIpc) is 2.46. The van der Waals surface area contributed by atoms with E-state index in [1.54, 1.807) is 25.1 Å². The number of benzene rings is 1. The first kappa shape index (κ1) is 20.0. The predicted octanol–water partition coefficient (Wildman–Crippen LogP) is 0.946. The Hall–Kier alpha value is -2.02. The SMILES string of the molecule is C.COc1nc(C)nc(NC([O-])=NS(=O)(=O)c2ccccc2I)n1. The van der Waals surface area contributed by atoms with Crippen LogP contribution >= 0.6 is 22.6 Å². The molecule has 0 spiro atoms. The lowest BCUT2D eigenvalue weighted by Gasteiger charge is -2.12. The Morgan fingerprint density at radius 3 is 2.58 bits per heavy atom. The van der Waals surface area contributed by atoms with Gasteiger partial charge in [0.05, 0.1) is 13.1 Å². The van der Waals surface area contributed by atoms with Crippen LogP contribution in [0.15, 0.2) is 33.6 Å². The Morgan fingerprint density at radius 1 is 1.29 bits per heavy atom. The molecular weight excluding hydrogens is 449 g/mol. The summed E-state index contributed by atoms with van der Waals surface area (Å²) in [6.45, 7) is 1.57. The van der Waals surface area contributed by atoms with Gasteiger partial charge in [-0.2, -0.15) is 27.8 Å². The van der Waals surface area contributed by atoms with Crippen LogP contribution in [0.5, 0.6) is 6.01 Å². The van der Waals surface area contributed by atoms with Crippen molar-refractivity contribution in [2.75, 3.05) is 12.4 Å². The molecule has 0 atom stereocenters. The van der Waals surface area contributed by atoms with E-state index in [0.717, 1.165) is 0 Å². The fourth-order valence-electron chi connectivity index (χ4n) is 1.54. The molecule has 9 nitrogen and oxygen atoms in total. The van der Waals surface area contributed by atoms with E-state index in [4.69, 9.17) is 4.74 Å². The quantitative estimate of drug-likeness (QED) is 0.402. The Bertz CT molecular complexity index is 857. The molecule has 0 unspecified atom stereocenters. The smallest absolute Gasteiger partial charge is 0.321 e. The first-order chi connectivity index (χ1) is 10.8. The third-order valence-electron chi connectivity index (χ3n) is 2.45. The number of halogens is 1. The van der Waals surface area contributed by atoms with Crippen LogP contribution < -0.4 is 15.2 Å². The number of aryl methyl sites for hydroxylation is 1. The Morgan fingerprint density at radius 2 is 1.96 bits per heavy atom. The maximum absolute atomic E-state index is 12.1. The van der Waals surface area contributed by atoms with Crippen LogP contribution in [0.25, 0.3) is 0 Å². The van der Waals surface area contributed by atoms with Gasteiger partial charge in [-0.3, -0.25) is 0 Å². The molecule has 1 aromatic carbocycles. The van der Waals surface area contributed by atoms with Crippen molar-refractivity contribution in [3.63, 3.8) is 0 Å². The summed E-state index contributed by atoms with van der Waals surface area (Å²) in [5, 5.41) is 14.0. The molecule has 1 aromatic heterocycles. The summed E-state index contributed by atoms with van der Waals surface area (Å²) in [4.78, 5) is 11.4. The average molecular weight is 464 g/mol. The third kappa shape index (κ3) is 4.99. The van der Waals surface area contributed by atoms with E-state index in [0.29, 0.717) is 9.39 Å². The minimum Gasteiger partial charge on any atom is -0.845 e. The van der Waals surface area contributed by atoms with E-state index in [-0.39, 0.29) is 24.3 Å². The summed E-state index contributed by atoms with van der Waals surface area (Å²) in [6.07, 6.45) is 0. The lowest BCUT2D eigenvalue weighted by molar-refractivity contribution is -0.213. The van der Waals surface area contributed by atoms with E-state index < -0.39 is 16.0 Å². The van der Waals surface area contributed by atoms with Gasteiger partial charge in [-0.1, -0.05) is 19.6 Å². The topological polar surface area (TPSA) is 129 Å². The summed E-state index contributed by atoms with van der Waals surface area (Å²) in [5.41, 5.74) is 0. The molecule has 130 valence electrons. The van der Waals surface area contributed by atoms with Gasteiger partial charge in [0.15, 0.2) is 0 Å². The molecule has 1 heterocycles.